The van der Waals surface area contributed by atoms with Gasteiger partial charge in [-0.15, -0.1) is 0 Å². The molecule has 0 atom stereocenters. The van der Waals surface area contributed by atoms with E-state index < -0.39 is 0 Å². The molecule has 2 heteroatoms. The number of unbranched alkanes of at least 4 members (excludes halogenated alkanes) is 1. The van der Waals surface area contributed by atoms with Gasteiger partial charge in [-0.05, 0) is 54.5 Å². The van der Waals surface area contributed by atoms with Gasteiger partial charge in [0.1, 0.15) is 17.7 Å². The van der Waals surface area contributed by atoms with Crippen LogP contribution in [-0.2, 0) is 6.42 Å². The van der Waals surface area contributed by atoms with Crippen LogP contribution in [-0.4, -0.2) is 0 Å². The molecule has 21 heavy (non-hydrogen) atoms. The van der Waals surface area contributed by atoms with E-state index in [1.165, 1.54) is 16.3 Å². The SMILES string of the molecule is CC(CCCCc1cccc2ccccc12)=C(C#N)C#N. The highest BCUT2D eigenvalue weighted by Gasteiger charge is 2.03. The molecule has 104 valence electrons. The van der Waals surface area contributed by atoms with Crippen LogP contribution in [0.3, 0.4) is 0 Å². The molecule has 2 nitrogen and oxygen atoms in total. The second-order valence-electron chi connectivity index (χ2n) is 5.22. The van der Waals surface area contributed by atoms with Crippen LogP contribution in [0.4, 0.5) is 0 Å². The van der Waals surface area contributed by atoms with Gasteiger partial charge in [-0.25, -0.2) is 0 Å². The van der Waals surface area contributed by atoms with Crippen LogP contribution in [0.15, 0.2) is 53.6 Å². The fourth-order valence-electron chi connectivity index (χ4n) is 2.56. The molecule has 0 amide bonds. The van der Waals surface area contributed by atoms with Gasteiger partial charge in [0.15, 0.2) is 0 Å². The van der Waals surface area contributed by atoms with E-state index in [-0.39, 0.29) is 5.57 Å². The van der Waals surface area contributed by atoms with E-state index in [4.69, 9.17) is 10.5 Å². The standard InChI is InChI=1S/C19H18N2/c1-15(18(13-20)14-21)7-2-3-8-16-10-6-11-17-9-4-5-12-19(16)17/h4-6,9-12H,2-3,7-8H2,1H3. The summed E-state index contributed by atoms with van der Waals surface area (Å²) < 4.78 is 0. The van der Waals surface area contributed by atoms with Crippen molar-refractivity contribution in [3.63, 3.8) is 0 Å². The van der Waals surface area contributed by atoms with E-state index in [0.717, 1.165) is 31.3 Å². The summed E-state index contributed by atoms with van der Waals surface area (Å²) in [7, 11) is 0. The summed E-state index contributed by atoms with van der Waals surface area (Å²) in [6.07, 6.45) is 3.92. The lowest BCUT2D eigenvalue weighted by Crippen LogP contribution is -1.90. The molecule has 0 aliphatic rings. The van der Waals surface area contributed by atoms with Crippen LogP contribution in [0, 0.1) is 22.7 Å². The Balaban J connectivity index is 1.97. The third-order valence-corrected chi connectivity index (χ3v) is 3.78. The van der Waals surface area contributed by atoms with Crippen molar-refractivity contribution in [1.29, 1.82) is 10.5 Å². The monoisotopic (exact) mass is 274 g/mol. The largest absolute Gasteiger partial charge is 0.192 e. The molecule has 0 radical (unpaired) electrons. The molecule has 0 saturated carbocycles. The van der Waals surface area contributed by atoms with Crippen molar-refractivity contribution in [1.82, 2.24) is 0 Å². The van der Waals surface area contributed by atoms with Crippen molar-refractivity contribution < 1.29 is 0 Å². The molecule has 2 aromatic rings. The Hall–Kier alpha value is -2.58. The highest BCUT2D eigenvalue weighted by molar-refractivity contribution is 5.85. The first-order chi connectivity index (χ1) is 10.3. The molecule has 2 aromatic carbocycles. The topological polar surface area (TPSA) is 47.6 Å². The third kappa shape index (κ3) is 3.71. The van der Waals surface area contributed by atoms with Gasteiger partial charge in [0.2, 0.25) is 0 Å². The minimum absolute atomic E-state index is 0.264. The lowest BCUT2D eigenvalue weighted by Gasteiger charge is -2.06. The summed E-state index contributed by atoms with van der Waals surface area (Å²) in [5, 5.41) is 20.2. The highest BCUT2D eigenvalue weighted by atomic mass is 14.3. The Morgan fingerprint density at radius 2 is 1.67 bits per heavy atom. The maximum absolute atomic E-state index is 8.82. The van der Waals surface area contributed by atoms with Crippen molar-refractivity contribution in [2.24, 2.45) is 0 Å². The van der Waals surface area contributed by atoms with Gasteiger partial charge in [-0.2, -0.15) is 10.5 Å². The first-order valence-corrected chi connectivity index (χ1v) is 7.23. The Morgan fingerprint density at radius 1 is 0.952 bits per heavy atom. The first-order valence-electron chi connectivity index (χ1n) is 7.23. The van der Waals surface area contributed by atoms with Gasteiger partial charge >= 0.3 is 0 Å². The number of allylic oxidation sites excluding steroid dienone is 2. The second kappa shape index (κ2) is 7.27. The summed E-state index contributed by atoms with van der Waals surface area (Å²) in [6.45, 7) is 1.87. The summed E-state index contributed by atoms with van der Waals surface area (Å²) in [5.41, 5.74) is 2.54. The molecular weight excluding hydrogens is 256 g/mol. The van der Waals surface area contributed by atoms with Crippen molar-refractivity contribution in [3.8, 4) is 12.1 Å². The van der Waals surface area contributed by atoms with Crippen molar-refractivity contribution in [2.75, 3.05) is 0 Å². The minimum atomic E-state index is 0.264. The Bertz CT molecular complexity index is 721. The van der Waals surface area contributed by atoms with E-state index in [1.54, 1.807) is 0 Å². The Morgan fingerprint density at radius 3 is 2.43 bits per heavy atom. The van der Waals surface area contributed by atoms with Gasteiger partial charge < -0.3 is 0 Å². The van der Waals surface area contributed by atoms with E-state index in [9.17, 15) is 0 Å². The lowest BCUT2D eigenvalue weighted by atomic mass is 9.98. The Labute approximate surface area is 125 Å². The van der Waals surface area contributed by atoms with Crippen LogP contribution in [0.1, 0.15) is 31.7 Å². The molecule has 0 aromatic heterocycles. The number of nitrogens with zero attached hydrogens (tertiary/aromatic N) is 2. The van der Waals surface area contributed by atoms with Gasteiger partial charge in [-0.1, -0.05) is 42.5 Å². The van der Waals surface area contributed by atoms with Crippen molar-refractivity contribution >= 4 is 10.8 Å². The smallest absolute Gasteiger partial charge is 0.128 e. The Kier molecular flexibility index (Phi) is 5.13. The number of fused-ring (bicyclic) bond motifs is 1. The lowest BCUT2D eigenvalue weighted by molar-refractivity contribution is 0.730. The van der Waals surface area contributed by atoms with Gasteiger partial charge in [0.25, 0.3) is 0 Å². The van der Waals surface area contributed by atoms with Crippen LogP contribution >= 0.6 is 0 Å². The van der Waals surface area contributed by atoms with Gasteiger partial charge in [0.05, 0.1) is 0 Å². The predicted molar refractivity (Wildman–Crippen MR) is 85.4 cm³/mol. The zero-order valence-corrected chi connectivity index (χ0v) is 12.3. The molecule has 2 rings (SSSR count). The van der Waals surface area contributed by atoms with E-state index in [0.29, 0.717) is 0 Å². The average Bonchev–Trinajstić information content (AvgIpc) is 2.53. The average molecular weight is 274 g/mol. The van der Waals surface area contributed by atoms with Crippen LogP contribution < -0.4 is 0 Å². The van der Waals surface area contributed by atoms with Crippen molar-refractivity contribution in [2.45, 2.75) is 32.6 Å². The molecule has 0 aliphatic carbocycles. The van der Waals surface area contributed by atoms with E-state index in [2.05, 4.69) is 42.5 Å². The molecule has 0 unspecified atom stereocenters. The molecule has 0 heterocycles. The van der Waals surface area contributed by atoms with Crippen LogP contribution in [0.25, 0.3) is 10.8 Å². The minimum Gasteiger partial charge on any atom is -0.192 e. The number of rotatable bonds is 5. The van der Waals surface area contributed by atoms with Crippen molar-refractivity contribution in [3.05, 3.63) is 59.2 Å². The zero-order valence-electron chi connectivity index (χ0n) is 12.3. The summed E-state index contributed by atoms with van der Waals surface area (Å²) in [6, 6.07) is 18.8. The normalized spacial score (nSPS) is 9.86. The number of aryl methyl sites for hydroxylation is 1. The van der Waals surface area contributed by atoms with Crippen LogP contribution in [0.5, 0.6) is 0 Å². The summed E-state index contributed by atoms with van der Waals surface area (Å²) in [5.74, 6) is 0. The van der Waals surface area contributed by atoms with Gasteiger partial charge in [0, 0.05) is 0 Å². The quantitative estimate of drug-likeness (QED) is 0.574. The van der Waals surface area contributed by atoms with E-state index >= 15 is 0 Å². The number of nitriles is 2. The predicted octanol–water partition coefficient (Wildman–Crippen LogP) is 4.92. The number of hydrogen-bond donors (Lipinski definition) is 0. The maximum Gasteiger partial charge on any atom is 0.128 e. The molecule has 0 N–H and O–H groups in total. The molecule has 0 bridgehead atoms. The molecule has 0 aliphatic heterocycles. The van der Waals surface area contributed by atoms with E-state index in [1.807, 2.05) is 19.1 Å². The van der Waals surface area contributed by atoms with Gasteiger partial charge in [-0.3, -0.25) is 0 Å². The molecule has 0 fully saturated rings. The molecule has 0 spiro atoms. The summed E-state index contributed by atoms with van der Waals surface area (Å²) >= 11 is 0. The number of hydrogen-bond acceptors (Lipinski definition) is 2. The fourth-order valence-corrected chi connectivity index (χ4v) is 2.56. The fraction of sp³-hybridized carbons (Fsp3) is 0.263. The first kappa shape index (κ1) is 14.8. The zero-order chi connectivity index (χ0) is 15.1. The van der Waals surface area contributed by atoms with Crippen LogP contribution in [0.2, 0.25) is 0 Å². The maximum atomic E-state index is 8.82. The molecular formula is C19H18N2. The number of benzene rings is 2. The summed E-state index contributed by atoms with van der Waals surface area (Å²) in [4.78, 5) is 0. The highest BCUT2D eigenvalue weighted by Crippen LogP contribution is 2.21. The molecule has 0 saturated heterocycles. The second-order valence-corrected chi connectivity index (χ2v) is 5.22. The third-order valence-electron chi connectivity index (χ3n) is 3.78.